The second kappa shape index (κ2) is 7.23. The Balaban J connectivity index is 2.70. The minimum absolute atomic E-state index is 0.0460. The van der Waals surface area contributed by atoms with Crippen molar-refractivity contribution in [2.75, 3.05) is 20.0 Å². The van der Waals surface area contributed by atoms with Gasteiger partial charge in [-0.05, 0) is 6.07 Å². The van der Waals surface area contributed by atoms with E-state index in [0.717, 1.165) is 0 Å². The predicted octanol–water partition coefficient (Wildman–Crippen LogP) is 1.89. The number of carbonyl (C=O) groups is 1. The average molecular weight is 288 g/mol. The molecule has 106 valence electrons. The van der Waals surface area contributed by atoms with Crippen molar-refractivity contribution in [3.63, 3.8) is 0 Å². The van der Waals surface area contributed by atoms with Crippen LogP contribution in [0.25, 0.3) is 0 Å². The Morgan fingerprint density at radius 1 is 1.42 bits per heavy atom. The molecule has 1 rings (SSSR count). The number of ether oxygens (including phenoxy) is 2. The first-order valence-corrected chi connectivity index (χ1v) is 7.22. The van der Waals surface area contributed by atoms with Gasteiger partial charge in [0.25, 0.3) is 0 Å². The van der Waals surface area contributed by atoms with Gasteiger partial charge in [0, 0.05) is 22.1 Å². The summed E-state index contributed by atoms with van der Waals surface area (Å²) in [5.74, 6) is -1.09. The number of esters is 1. The van der Waals surface area contributed by atoms with Gasteiger partial charge in [0.2, 0.25) is 0 Å². The fourth-order valence-electron chi connectivity index (χ4n) is 1.61. The van der Waals surface area contributed by atoms with Gasteiger partial charge in [-0.2, -0.15) is 0 Å². The molecule has 0 saturated heterocycles. The molecule has 6 heteroatoms. The Hall–Kier alpha value is -1.43. The zero-order valence-electron chi connectivity index (χ0n) is 11.1. The summed E-state index contributed by atoms with van der Waals surface area (Å²) in [6.07, 6.45) is 0. The molecule has 4 nitrogen and oxygen atoms in total. The molecule has 0 aliphatic rings. The highest BCUT2D eigenvalue weighted by Crippen LogP contribution is 2.21. The maximum Gasteiger partial charge on any atom is 0.309 e. The van der Waals surface area contributed by atoms with Gasteiger partial charge in [-0.1, -0.05) is 19.1 Å². The van der Waals surface area contributed by atoms with E-state index in [4.69, 9.17) is 4.74 Å². The number of methoxy groups -OCH3 is 2. The van der Waals surface area contributed by atoms with Crippen molar-refractivity contribution in [1.29, 1.82) is 0 Å². The summed E-state index contributed by atoms with van der Waals surface area (Å²) in [4.78, 5) is 11.2. The van der Waals surface area contributed by atoms with Crippen LogP contribution in [0.2, 0.25) is 0 Å². The van der Waals surface area contributed by atoms with Crippen molar-refractivity contribution in [2.24, 2.45) is 5.92 Å². The number of hydrogen-bond acceptors (Lipinski definition) is 4. The van der Waals surface area contributed by atoms with Crippen LogP contribution >= 0.6 is 0 Å². The van der Waals surface area contributed by atoms with Gasteiger partial charge in [0.05, 0.1) is 25.9 Å². The number of halogens is 1. The Bertz CT molecular complexity index is 476. The molecule has 2 unspecified atom stereocenters. The normalized spacial score (nSPS) is 13.7. The molecule has 0 saturated carbocycles. The second-order valence-electron chi connectivity index (χ2n) is 4.11. The lowest BCUT2D eigenvalue weighted by Crippen LogP contribution is -2.20. The first-order chi connectivity index (χ1) is 8.99. The molecule has 0 radical (unpaired) electrons. The Kier molecular flexibility index (Phi) is 5.95. The minimum atomic E-state index is -1.34. The molecule has 0 N–H and O–H groups in total. The summed E-state index contributed by atoms with van der Waals surface area (Å²) in [5, 5.41) is 0. The van der Waals surface area contributed by atoms with Crippen molar-refractivity contribution in [1.82, 2.24) is 0 Å². The molecule has 0 spiro atoms. The lowest BCUT2D eigenvalue weighted by Gasteiger charge is -2.10. The molecule has 0 heterocycles. The zero-order valence-corrected chi connectivity index (χ0v) is 12.0. The fourth-order valence-corrected chi connectivity index (χ4v) is 2.99. The SMILES string of the molecule is COC(=O)C(C)CS(=O)Cc1cccc(OC)c1F. The van der Waals surface area contributed by atoms with Gasteiger partial charge >= 0.3 is 5.97 Å². The van der Waals surface area contributed by atoms with Crippen molar-refractivity contribution >= 4 is 16.8 Å². The molecule has 0 aromatic heterocycles. The Morgan fingerprint density at radius 3 is 2.68 bits per heavy atom. The van der Waals surface area contributed by atoms with Crippen LogP contribution in [0.4, 0.5) is 4.39 Å². The third-order valence-electron chi connectivity index (χ3n) is 2.62. The van der Waals surface area contributed by atoms with E-state index >= 15 is 0 Å². The van der Waals surface area contributed by atoms with Crippen LogP contribution in [0.5, 0.6) is 5.75 Å². The minimum Gasteiger partial charge on any atom is -0.494 e. The van der Waals surface area contributed by atoms with Gasteiger partial charge in [-0.3, -0.25) is 9.00 Å². The molecular weight excluding hydrogens is 271 g/mol. The Labute approximate surface area is 114 Å². The van der Waals surface area contributed by atoms with E-state index in [9.17, 15) is 13.4 Å². The first kappa shape index (κ1) is 15.6. The Morgan fingerprint density at radius 2 is 2.11 bits per heavy atom. The summed E-state index contributed by atoms with van der Waals surface area (Å²) < 4.78 is 35.1. The van der Waals surface area contributed by atoms with Crippen LogP contribution in [0.15, 0.2) is 18.2 Å². The monoisotopic (exact) mass is 288 g/mol. The van der Waals surface area contributed by atoms with Crippen LogP contribution in [0.1, 0.15) is 12.5 Å². The molecule has 19 heavy (non-hydrogen) atoms. The summed E-state index contributed by atoms with van der Waals surface area (Å²) in [6.45, 7) is 1.63. The zero-order chi connectivity index (χ0) is 14.4. The smallest absolute Gasteiger partial charge is 0.309 e. The van der Waals surface area contributed by atoms with Crippen molar-refractivity contribution in [3.8, 4) is 5.75 Å². The van der Waals surface area contributed by atoms with Gasteiger partial charge < -0.3 is 9.47 Å². The highest BCUT2D eigenvalue weighted by atomic mass is 32.2. The first-order valence-electron chi connectivity index (χ1n) is 5.73. The lowest BCUT2D eigenvalue weighted by molar-refractivity contribution is -0.144. The molecule has 0 bridgehead atoms. The fraction of sp³-hybridized carbons (Fsp3) is 0.462. The van der Waals surface area contributed by atoms with Crippen LogP contribution in [-0.2, 0) is 26.1 Å². The summed E-state index contributed by atoms with van der Waals surface area (Å²) in [6, 6.07) is 4.69. The van der Waals surface area contributed by atoms with Crippen molar-refractivity contribution < 1.29 is 22.9 Å². The van der Waals surface area contributed by atoms with E-state index in [0.29, 0.717) is 5.56 Å². The summed E-state index contributed by atoms with van der Waals surface area (Å²) >= 11 is 0. The number of benzene rings is 1. The summed E-state index contributed by atoms with van der Waals surface area (Å²) in [5.41, 5.74) is 0.315. The van der Waals surface area contributed by atoms with E-state index in [1.807, 2.05) is 0 Å². The second-order valence-corrected chi connectivity index (χ2v) is 5.61. The highest BCUT2D eigenvalue weighted by Gasteiger charge is 2.18. The van der Waals surface area contributed by atoms with Crippen LogP contribution < -0.4 is 4.74 Å². The average Bonchev–Trinajstić information content (AvgIpc) is 2.40. The maximum atomic E-state index is 13.8. The topological polar surface area (TPSA) is 52.6 Å². The molecule has 0 aliphatic carbocycles. The van der Waals surface area contributed by atoms with Gasteiger partial charge in [0.15, 0.2) is 11.6 Å². The number of rotatable bonds is 6. The number of carbonyl (C=O) groups excluding carboxylic acids is 1. The van der Waals surface area contributed by atoms with Gasteiger partial charge in [0.1, 0.15) is 0 Å². The predicted molar refractivity (Wildman–Crippen MR) is 70.8 cm³/mol. The lowest BCUT2D eigenvalue weighted by atomic mass is 10.2. The highest BCUT2D eigenvalue weighted by molar-refractivity contribution is 7.84. The van der Waals surface area contributed by atoms with E-state index in [-0.39, 0.29) is 17.3 Å². The van der Waals surface area contributed by atoms with Gasteiger partial charge in [-0.15, -0.1) is 0 Å². The van der Waals surface area contributed by atoms with E-state index in [2.05, 4.69) is 4.74 Å². The molecular formula is C13H17FO4S. The quantitative estimate of drug-likeness (QED) is 0.750. The third kappa shape index (κ3) is 4.31. The molecule has 0 aliphatic heterocycles. The maximum absolute atomic E-state index is 13.8. The number of hydrogen-bond donors (Lipinski definition) is 0. The van der Waals surface area contributed by atoms with E-state index < -0.39 is 28.5 Å². The molecule has 1 aromatic rings. The largest absolute Gasteiger partial charge is 0.494 e. The van der Waals surface area contributed by atoms with Crippen LogP contribution in [0, 0.1) is 11.7 Å². The van der Waals surface area contributed by atoms with Crippen LogP contribution in [0.3, 0.4) is 0 Å². The summed E-state index contributed by atoms with van der Waals surface area (Å²) in [7, 11) is 1.31. The van der Waals surface area contributed by atoms with E-state index in [1.165, 1.54) is 20.3 Å². The third-order valence-corrected chi connectivity index (χ3v) is 4.12. The van der Waals surface area contributed by atoms with Crippen molar-refractivity contribution in [2.45, 2.75) is 12.7 Å². The van der Waals surface area contributed by atoms with Crippen molar-refractivity contribution in [3.05, 3.63) is 29.6 Å². The van der Waals surface area contributed by atoms with Gasteiger partial charge in [-0.25, -0.2) is 4.39 Å². The standard InChI is InChI=1S/C13H17FO4S/c1-9(13(15)18-3)7-19(16)8-10-5-4-6-11(17-2)12(10)14/h4-6,9H,7-8H2,1-3H3. The molecule has 0 fully saturated rings. The molecule has 1 aromatic carbocycles. The van der Waals surface area contributed by atoms with Crippen LogP contribution in [-0.4, -0.2) is 30.2 Å². The molecule has 2 atom stereocenters. The van der Waals surface area contributed by atoms with E-state index in [1.54, 1.807) is 19.1 Å². The molecule has 0 amide bonds.